The third-order valence-electron chi connectivity index (χ3n) is 7.51. The zero-order chi connectivity index (χ0) is 26.6. The number of fused-ring (bicyclic) bond motifs is 2. The number of aliphatic hydroxyl groups is 1. The number of amides is 3. The van der Waals surface area contributed by atoms with Gasteiger partial charge in [0.15, 0.2) is 0 Å². The fourth-order valence-electron chi connectivity index (χ4n) is 5.70. The summed E-state index contributed by atoms with van der Waals surface area (Å²) in [5.41, 5.74) is 0.459. The molecule has 2 aromatic carbocycles. The van der Waals surface area contributed by atoms with E-state index in [0.717, 1.165) is 27.4 Å². The zero-order valence-electron chi connectivity index (χ0n) is 20.2. The number of benzene rings is 2. The van der Waals surface area contributed by atoms with Crippen LogP contribution >= 0.6 is 11.8 Å². The highest BCUT2D eigenvalue weighted by atomic mass is 32.2. The number of nitrogens with zero attached hydrogens (tertiary/aromatic N) is 2. The van der Waals surface area contributed by atoms with Gasteiger partial charge in [-0.05, 0) is 18.4 Å². The average Bonchev–Trinajstić information content (AvgIpc) is 3.37. The molecule has 6 atom stereocenters. The number of rotatable bonds is 6. The molecule has 11 heteroatoms. The molecule has 2 saturated heterocycles. The number of carboxylic acids is 1. The van der Waals surface area contributed by atoms with Crippen LogP contribution in [0.5, 0.6) is 0 Å². The van der Waals surface area contributed by atoms with Crippen LogP contribution in [0.2, 0.25) is 0 Å². The van der Waals surface area contributed by atoms with E-state index in [4.69, 9.17) is 0 Å². The first-order chi connectivity index (χ1) is 17.6. The smallest absolute Gasteiger partial charge is 0.407 e. The van der Waals surface area contributed by atoms with Gasteiger partial charge in [-0.25, -0.2) is 9.59 Å². The lowest BCUT2D eigenvalue weighted by molar-refractivity contribution is -0.163. The number of thioether (sulfide) groups is 1. The molecule has 3 aliphatic heterocycles. The second-order valence-electron chi connectivity index (χ2n) is 9.74. The number of hydrogen-bond donors (Lipinski definition) is 4. The topological polar surface area (TPSA) is 147 Å². The van der Waals surface area contributed by atoms with Crippen molar-refractivity contribution in [3.8, 4) is 0 Å². The molecule has 2 aromatic rings. The molecule has 5 unspecified atom stereocenters. The summed E-state index contributed by atoms with van der Waals surface area (Å²) < 4.78 is 0. The minimum absolute atomic E-state index is 0.0317. The first-order valence-corrected chi connectivity index (χ1v) is 12.9. The van der Waals surface area contributed by atoms with Gasteiger partial charge in [0, 0.05) is 40.2 Å². The summed E-state index contributed by atoms with van der Waals surface area (Å²) in [4.78, 5) is 52.9. The number of nitrogens with one attached hydrogen (secondary N) is 1. The molecule has 0 radical (unpaired) electrons. The third kappa shape index (κ3) is 4.11. The van der Waals surface area contributed by atoms with E-state index in [1.54, 1.807) is 13.0 Å². The predicted octanol–water partition coefficient (Wildman–Crippen LogP) is 2.64. The lowest BCUT2D eigenvalue weighted by Gasteiger charge is -2.46. The van der Waals surface area contributed by atoms with Crippen molar-refractivity contribution in [2.75, 3.05) is 18.4 Å². The lowest BCUT2D eigenvalue weighted by atomic mass is 9.79. The second-order valence-corrected chi connectivity index (χ2v) is 11.0. The van der Waals surface area contributed by atoms with Crippen molar-refractivity contribution in [2.24, 2.45) is 17.8 Å². The Balaban J connectivity index is 1.44. The lowest BCUT2D eigenvalue weighted by Crippen LogP contribution is -2.63. The molecule has 0 aromatic heterocycles. The quantitative estimate of drug-likeness (QED) is 0.421. The van der Waals surface area contributed by atoms with Gasteiger partial charge in [-0.2, -0.15) is 0 Å². The van der Waals surface area contributed by atoms with Gasteiger partial charge in [0.25, 0.3) is 0 Å². The maximum Gasteiger partial charge on any atom is 0.407 e. The van der Waals surface area contributed by atoms with Crippen molar-refractivity contribution in [1.82, 2.24) is 9.80 Å². The minimum Gasteiger partial charge on any atom is -0.477 e. The van der Waals surface area contributed by atoms with Crippen LogP contribution in [0, 0.1) is 17.8 Å². The monoisotopic (exact) mass is 525 g/mol. The first kappa shape index (κ1) is 25.1. The molecule has 194 valence electrons. The van der Waals surface area contributed by atoms with Crippen LogP contribution in [0.1, 0.15) is 13.8 Å². The normalized spacial score (nSPS) is 27.8. The largest absolute Gasteiger partial charge is 0.477 e. The maximum absolute atomic E-state index is 13.5. The van der Waals surface area contributed by atoms with Crippen LogP contribution in [0.15, 0.2) is 53.1 Å². The summed E-state index contributed by atoms with van der Waals surface area (Å²) in [6.07, 6.45) is -2.09. The number of carbonyl (C=O) groups excluding carboxylic acids is 2. The molecule has 0 saturated carbocycles. The Hall–Kier alpha value is -3.57. The summed E-state index contributed by atoms with van der Waals surface area (Å²) in [6.45, 7) is 3.31. The van der Waals surface area contributed by atoms with Crippen molar-refractivity contribution >= 4 is 52.1 Å². The molecule has 0 spiro atoms. The molecule has 37 heavy (non-hydrogen) atoms. The zero-order valence-corrected chi connectivity index (χ0v) is 21.0. The van der Waals surface area contributed by atoms with Gasteiger partial charge >= 0.3 is 12.1 Å². The van der Waals surface area contributed by atoms with E-state index in [1.165, 1.54) is 11.8 Å². The highest BCUT2D eigenvalue weighted by molar-refractivity contribution is 8.03. The molecule has 0 aliphatic carbocycles. The Morgan fingerprint density at radius 2 is 1.78 bits per heavy atom. The number of carbonyl (C=O) groups is 4. The molecule has 10 nitrogen and oxygen atoms in total. The van der Waals surface area contributed by atoms with Crippen LogP contribution in [0.3, 0.4) is 0 Å². The number of aliphatic hydroxyl groups excluding tert-OH is 1. The Morgan fingerprint density at radius 3 is 2.46 bits per heavy atom. The molecule has 0 bridgehead atoms. The van der Waals surface area contributed by atoms with Crippen LogP contribution in [-0.2, 0) is 14.4 Å². The van der Waals surface area contributed by atoms with E-state index < -0.39 is 47.2 Å². The number of aliphatic carboxylic acids is 1. The Labute approximate surface area is 216 Å². The fraction of sp³-hybridized carbons (Fsp3) is 0.385. The number of carboxylic acid groups (broad SMARTS) is 2. The Morgan fingerprint density at radius 1 is 1.08 bits per heavy atom. The van der Waals surface area contributed by atoms with Crippen molar-refractivity contribution < 1.29 is 34.5 Å². The van der Waals surface area contributed by atoms with Gasteiger partial charge in [-0.15, -0.1) is 11.8 Å². The van der Waals surface area contributed by atoms with Crippen molar-refractivity contribution in [3.63, 3.8) is 0 Å². The van der Waals surface area contributed by atoms with Crippen molar-refractivity contribution in [1.29, 1.82) is 0 Å². The van der Waals surface area contributed by atoms with E-state index in [9.17, 15) is 34.5 Å². The number of anilines is 1. The van der Waals surface area contributed by atoms with Crippen LogP contribution in [-0.4, -0.2) is 79.5 Å². The molecule has 3 aliphatic rings. The summed E-state index contributed by atoms with van der Waals surface area (Å²) in [6, 6.07) is 12.6. The maximum atomic E-state index is 13.5. The summed E-state index contributed by atoms with van der Waals surface area (Å²) in [5, 5.41) is 33.8. The summed E-state index contributed by atoms with van der Waals surface area (Å²) >= 11 is 1.15. The molecule has 3 amide bonds. The van der Waals surface area contributed by atoms with E-state index in [2.05, 4.69) is 5.32 Å². The highest BCUT2D eigenvalue weighted by Gasteiger charge is 2.60. The SMILES string of the molecule is CC(O)C1C(=O)N2C(C(=O)O)=C(SC3CN(C(=O)O)CC3C(=O)Nc3cccc4ccccc34)C(C)[C@H]12. The van der Waals surface area contributed by atoms with Gasteiger partial charge in [-0.3, -0.25) is 9.59 Å². The number of β-lactam (4-membered cyclic amide) rings is 1. The van der Waals surface area contributed by atoms with Crippen LogP contribution in [0.4, 0.5) is 10.5 Å². The van der Waals surface area contributed by atoms with Gasteiger partial charge in [-0.1, -0.05) is 43.3 Å². The van der Waals surface area contributed by atoms with Crippen molar-refractivity contribution in [2.45, 2.75) is 31.2 Å². The molecule has 5 rings (SSSR count). The standard InChI is InChI=1S/C26H27N3O7S/c1-12-20-19(13(2)30)24(32)29(20)21(25(33)34)22(12)37-18-11-28(26(35)36)10-16(18)23(31)27-17-9-5-7-14-6-3-4-8-15(14)17/h3-9,12-13,16,18-20,30H,10-11H2,1-2H3,(H,27,31)(H,33,34)(H,35,36)/t12?,13?,16?,18?,19?,20-/m1/s1. The molecule has 3 heterocycles. The number of likely N-dealkylation sites (tertiary alicyclic amines) is 1. The Bertz CT molecular complexity index is 1340. The molecular formula is C26H27N3O7S. The summed E-state index contributed by atoms with van der Waals surface area (Å²) in [5.74, 6) is -3.89. The van der Waals surface area contributed by atoms with E-state index in [-0.39, 0.29) is 30.6 Å². The molecule has 4 N–H and O–H groups in total. The highest BCUT2D eigenvalue weighted by Crippen LogP contribution is 2.52. The van der Waals surface area contributed by atoms with Gasteiger partial charge < -0.3 is 30.4 Å². The van der Waals surface area contributed by atoms with Crippen molar-refractivity contribution in [3.05, 3.63) is 53.1 Å². The van der Waals surface area contributed by atoms with E-state index >= 15 is 0 Å². The van der Waals surface area contributed by atoms with Gasteiger partial charge in [0.05, 0.1) is 24.0 Å². The number of hydrogen-bond acceptors (Lipinski definition) is 6. The second kappa shape index (κ2) is 9.38. The first-order valence-electron chi connectivity index (χ1n) is 12.0. The van der Waals surface area contributed by atoms with E-state index in [1.807, 2.05) is 36.4 Å². The molecule has 2 fully saturated rings. The van der Waals surface area contributed by atoms with Crippen LogP contribution < -0.4 is 5.32 Å². The van der Waals surface area contributed by atoms with E-state index in [0.29, 0.717) is 10.6 Å². The molecular weight excluding hydrogens is 498 g/mol. The predicted molar refractivity (Wildman–Crippen MR) is 137 cm³/mol. The fourth-order valence-corrected chi connectivity index (χ4v) is 7.31. The summed E-state index contributed by atoms with van der Waals surface area (Å²) in [7, 11) is 0. The average molecular weight is 526 g/mol. The van der Waals surface area contributed by atoms with Crippen LogP contribution in [0.25, 0.3) is 10.8 Å². The van der Waals surface area contributed by atoms with Gasteiger partial charge in [0.2, 0.25) is 11.8 Å². The Kier molecular flexibility index (Phi) is 6.36. The third-order valence-corrected chi connectivity index (χ3v) is 9.11. The van der Waals surface area contributed by atoms with Gasteiger partial charge in [0.1, 0.15) is 5.70 Å². The minimum atomic E-state index is -1.26.